The van der Waals surface area contributed by atoms with Crippen molar-refractivity contribution in [1.82, 2.24) is 15.6 Å². The van der Waals surface area contributed by atoms with Gasteiger partial charge in [-0.2, -0.15) is 0 Å². The normalized spacial score (nSPS) is 18.9. The molecule has 0 unspecified atom stereocenters. The van der Waals surface area contributed by atoms with Crippen LogP contribution >= 0.6 is 11.8 Å². The van der Waals surface area contributed by atoms with Gasteiger partial charge in [-0.05, 0) is 62.3 Å². The van der Waals surface area contributed by atoms with Gasteiger partial charge in [0.15, 0.2) is 0 Å². The summed E-state index contributed by atoms with van der Waals surface area (Å²) < 4.78 is 5.89. The van der Waals surface area contributed by atoms with Crippen LogP contribution in [-0.2, 0) is 4.79 Å². The highest BCUT2D eigenvalue weighted by atomic mass is 32.2. The number of ether oxygens (including phenoxy) is 1. The second-order valence-electron chi connectivity index (χ2n) is 6.86. The fraction of sp³-hybridized carbons (Fsp3) is 0.381. The zero-order valence-electron chi connectivity index (χ0n) is 16.1. The fourth-order valence-corrected chi connectivity index (χ4v) is 3.80. The first-order valence-electron chi connectivity index (χ1n) is 9.40. The Kier molecular flexibility index (Phi) is 6.92. The van der Waals surface area contributed by atoms with Crippen LogP contribution in [0.25, 0.3) is 0 Å². The number of nitrogens with one attached hydrogen (secondary N) is 2. The molecule has 0 aliphatic heterocycles. The van der Waals surface area contributed by atoms with Gasteiger partial charge in [0.1, 0.15) is 11.3 Å². The Labute approximate surface area is 169 Å². The molecule has 1 saturated carbocycles. The molecular weight excluding hydrogens is 374 g/mol. The van der Waals surface area contributed by atoms with Gasteiger partial charge >= 0.3 is 0 Å². The number of nitrogens with zero attached hydrogens (tertiary/aromatic N) is 1. The molecule has 2 N–H and O–H groups in total. The van der Waals surface area contributed by atoms with Crippen LogP contribution in [0.3, 0.4) is 0 Å². The molecule has 0 bridgehead atoms. The lowest BCUT2D eigenvalue weighted by atomic mass is 9.91. The highest BCUT2D eigenvalue weighted by molar-refractivity contribution is 7.98. The maximum atomic E-state index is 12.8. The second kappa shape index (κ2) is 9.59. The SMILES string of the molecule is CSc1cccc(Oc2ncccc2C(=O)NC2CCC(NC(C)=O)CC2)c1. The van der Waals surface area contributed by atoms with Crippen molar-refractivity contribution in [3.05, 3.63) is 48.2 Å². The first kappa shape index (κ1) is 20.2. The van der Waals surface area contributed by atoms with Crippen molar-refractivity contribution >= 4 is 23.6 Å². The quantitative estimate of drug-likeness (QED) is 0.723. The molecule has 1 aliphatic carbocycles. The molecule has 28 heavy (non-hydrogen) atoms. The molecule has 0 saturated heterocycles. The lowest BCUT2D eigenvalue weighted by molar-refractivity contribution is -0.119. The van der Waals surface area contributed by atoms with E-state index < -0.39 is 0 Å². The van der Waals surface area contributed by atoms with Gasteiger partial charge in [-0.15, -0.1) is 11.8 Å². The molecule has 1 fully saturated rings. The zero-order chi connectivity index (χ0) is 19.9. The van der Waals surface area contributed by atoms with Gasteiger partial charge in [0.25, 0.3) is 5.91 Å². The number of benzene rings is 1. The van der Waals surface area contributed by atoms with Crippen LogP contribution in [0.4, 0.5) is 0 Å². The molecule has 0 radical (unpaired) electrons. The van der Waals surface area contributed by atoms with Gasteiger partial charge in [0, 0.05) is 30.1 Å². The van der Waals surface area contributed by atoms with Crippen LogP contribution in [0.5, 0.6) is 11.6 Å². The summed E-state index contributed by atoms with van der Waals surface area (Å²) in [7, 11) is 0. The molecule has 0 atom stereocenters. The maximum absolute atomic E-state index is 12.8. The Balaban J connectivity index is 1.64. The number of thioether (sulfide) groups is 1. The first-order valence-corrected chi connectivity index (χ1v) is 10.6. The Morgan fingerprint density at radius 1 is 1.07 bits per heavy atom. The molecule has 2 aromatic rings. The van der Waals surface area contributed by atoms with Gasteiger partial charge in [0.2, 0.25) is 11.8 Å². The lowest BCUT2D eigenvalue weighted by Gasteiger charge is -2.29. The summed E-state index contributed by atoms with van der Waals surface area (Å²) in [4.78, 5) is 29.3. The Morgan fingerprint density at radius 3 is 2.46 bits per heavy atom. The number of hydrogen-bond acceptors (Lipinski definition) is 5. The van der Waals surface area contributed by atoms with Crippen molar-refractivity contribution in [1.29, 1.82) is 0 Å². The molecule has 7 heteroatoms. The Bertz CT molecular complexity index is 835. The highest BCUT2D eigenvalue weighted by Gasteiger charge is 2.24. The molecule has 1 aromatic heterocycles. The summed E-state index contributed by atoms with van der Waals surface area (Å²) in [5.41, 5.74) is 0.418. The van der Waals surface area contributed by atoms with Crippen LogP contribution in [0.1, 0.15) is 43.0 Å². The van der Waals surface area contributed by atoms with Gasteiger partial charge < -0.3 is 15.4 Å². The topological polar surface area (TPSA) is 80.3 Å². The summed E-state index contributed by atoms with van der Waals surface area (Å²) in [6, 6.07) is 11.4. The van der Waals surface area contributed by atoms with Crippen molar-refractivity contribution in [3.8, 4) is 11.6 Å². The fourth-order valence-electron chi connectivity index (χ4n) is 3.35. The molecule has 1 aromatic carbocycles. The third-order valence-corrected chi connectivity index (χ3v) is 5.47. The molecule has 1 aliphatic rings. The maximum Gasteiger partial charge on any atom is 0.257 e. The van der Waals surface area contributed by atoms with Crippen molar-refractivity contribution < 1.29 is 14.3 Å². The number of hydrogen-bond donors (Lipinski definition) is 2. The minimum Gasteiger partial charge on any atom is -0.438 e. The van der Waals surface area contributed by atoms with E-state index in [2.05, 4.69) is 15.6 Å². The molecule has 3 rings (SSSR count). The predicted octanol–water partition coefficient (Wildman–Crippen LogP) is 3.77. The van der Waals surface area contributed by atoms with E-state index >= 15 is 0 Å². The van der Waals surface area contributed by atoms with Crippen molar-refractivity contribution in [2.45, 2.75) is 49.6 Å². The van der Waals surface area contributed by atoms with Crippen molar-refractivity contribution in [2.24, 2.45) is 0 Å². The summed E-state index contributed by atoms with van der Waals surface area (Å²) in [6.07, 6.45) is 7.01. The first-order chi connectivity index (χ1) is 13.5. The second-order valence-corrected chi connectivity index (χ2v) is 7.74. The van der Waals surface area contributed by atoms with E-state index in [9.17, 15) is 9.59 Å². The Morgan fingerprint density at radius 2 is 1.79 bits per heavy atom. The van der Waals surface area contributed by atoms with Gasteiger partial charge in [-0.1, -0.05) is 6.07 Å². The molecule has 0 spiro atoms. The largest absolute Gasteiger partial charge is 0.438 e. The van der Waals surface area contributed by atoms with E-state index in [1.807, 2.05) is 30.5 Å². The van der Waals surface area contributed by atoms with E-state index in [1.54, 1.807) is 30.1 Å². The average Bonchev–Trinajstić information content (AvgIpc) is 2.69. The number of carbonyl (C=O) groups excluding carboxylic acids is 2. The molecule has 1 heterocycles. The van der Waals surface area contributed by atoms with Crippen molar-refractivity contribution in [3.63, 3.8) is 0 Å². The van der Waals surface area contributed by atoms with E-state index in [0.717, 1.165) is 30.6 Å². The molecular formula is C21H25N3O3S. The smallest absolute Gasteiger partial charge is 0.257 e. The zero-order valence-corrected chi connectivity index (χ0v) is 16.9. The van der Waals surface area contributed by atoms with E-state index in [1.165, 1.54) is 6.92 Å². The molecule has 2 amide bonds. The van der Waals surface area contributed by atoms with Gasteiger partial charge in [0.05, 0.1) is 0 Å². The number of carbonyl (C=O) groups is 2. The van der Waals surface area contributed by atoms with Gasteiger partial charge in [-0.3, -0.25) is 9.59 Å². The van der Waals surface area contributed by atoms with E-state index in [4.69, 9.17) is 4.74 Å². The van der Waals surface area contributed by atoms with Crippen LogP contribution in [0.15, 0.2) is 47.5 Å². The van der Waals surface area contributed by atoms with Crippen LogP contribution < -0.4 is 15.4 Å². The molecule has 6 nitrogen and oxygen atoms in total. The minimum absolute atomic E-state index is 0.00446. The standard InChI is InChI=1S/C21H25N3O3S/c1-14(25)23-15-8-10-16(11-9-15)24-20(26)19-7-4-12-22-21(19)27-17-5-3-6-18(13-17)28-2/h3-7,12-13,15-16H,8-11H2,1-2H3,(H,23,25)(H,24,26). The van der Waals surface area contributed by atoms with Crippen LogP contribution in [0, 0.1) is 0 Å². The third kappa shape index (κ3) is 5.48. The monoisotopic (exact) mass is 399 g/mol. The van der Waals surface area contributed by atoms with E-state index in [0.29, 0.717) is 17.2 Å². The van der Waals surface area contributed by atoms with Crippen LogP contribution in [-0.4, -0.2) is 35.1 Å². The lowest BCUT2D eigenvalue weighted by Crippen LogP contribution is -2.43. The summed E-state index contributed by atoms with van der Waals surface area (Å²) >= 11 is 1.63. The Hall–Kier alpha value is -2.54. The predicted molar refractivity (Wildman–Crippen MR) is 110 cm³/mol. The van der Waals surface area contributed by atoms with Crippen molar-refractivity contribution in [2.75, 3.05) is 6.26 Å². The summed E-state index contributed by atoms with van der Waals surface area (Å²) in [6.45, 7) is 1.53. The summed E-state index contributed by atoms with van der Waals surface area (Å²) in [5.74, 6) is 0.753. The highest BCUT2D eigenvalue weighted by Crippen LogP contribution is 2.27. The average molecular weight is 400 g/mol. The van der Waals surface area contributed by atoms with Gasteiger partial charge in [-0.25, -0.2) is 4.98 Å². The number of rotatable bonds is 6. The number of pyridine rings is 1. The van der Waals surface area contributed by atoms with Crippen LogP contribution in [0.2, 0.25) is 0 Å². The third-order valence-electron chi connectivity index (χ3n) is 4.74. The minimum atomic E-state index is -0.188. The van der Waals surface area contributed by atoms with E-state index in [-0.39, 0.29) is 23.9 Å². The summed E-state index contributed by atoms with van der Waals surface area (Å²) in [5, 5.41) is 6.03. The molecule has 148 valence electrons. The number of aromatic nitrogens is 1. The number of amides is 2.